The zero-order chi connectivity index (χ0) is 14.7. The van der Waals surface area contributed by atoms with Gasteiger partial charge in [-0.25, -0.2) is 14.0 Å². The minimum absolute atomic E-state index is 0.227. The van der Waals surface area contributed by atoms with Gasteiger partial charge >= 0.3 is 0 Å². The first kappa shape index (κ1) is 16.1. The van der Waals surface area contributed by atoms with Gasteiger partial charge in [-0.15, -0.1) is 0 Å². The number of benzene rings is 1. The number of carbonyl (C=O) groups is 1. The number of carbonyl (C=O) groups excluding carboxylic acids is 1. The van der Waals surface area contributed by atoms with Crippen LogP contribution in [-0.2, 0) is 4.79 Å². The van der Waals surface area contributed by atoms with Crippen LogP contribution in [0.2, 0.25) is 19.6 Å². The third-order valence-corrected chi connectivity index (χ3v) is 12.4. The number of hydrogen-bond donors (Lipinski definition) is 0. The van der Waals surface area contributed by atoms with Crippen LogP contribution in [0, 0.1) is 5.41 Å². The predicted octanol–water partition coefficient (Wildman–Crippen LogP) is 4.30. The zero-order valence-corrected chi connectivity index (χ0v) is 14.9. The first-order valence-electron chi connectivity index (χ1n) is 6.78. The minimum atomic E-state index is -1.45. The summed E-state index contributed by atoms with van der Waals surface area (Å²) in [5, 5.41) is 0.462. The van der Waals surface area contributed by atoms with E-state index >= 15 is 0 Å². The first-order valence-corrected chi connectivity index (χ1v) is 12.9. The topological polar surface area (TPSA) is 17.1 Å². The smallest absolute Gasteiger partial charge is 0.0133 e. The van der Waals surface area contributed by atoms with Crippen LogP contribution in [0.15, 0.2) is 36.0 Å². The van der Waals surface area contributed by atoms with E-state index in [0.717, 1.165) is 0 Å². The molecule has 0 saturated carbocycles. The van der Waals surface area contributed by atoms with Crippen molar-refractivity contribution in [1.29, 1.82) is 0 Å². The van der Waals surface area contributed by atoms with E-state index in [4.69, 9.17) is 0 Å². The fourth-order valence-corrected chi connectivity index (χ4v) is 9.23. The summed E-state index contributed by atoms with van der Waals surface area (Å²) in [6.07, 6.45) is 2.14. The summed E-state index contributed by atoms with van der Waals surface area (Å²) in [4.78, 5) is 12.7. The third-order valence-electron chi connectivity index (χ3n) is 2.98. The lowest BCUT2D eigenvalue weighted by Gasteiger charge is -2.43. The molecule has 0 radical (unpaired) electrons. The van der Waals surface area contributed by atoms with E-state index in [1.807, 2.05) is 39.0 Å². The van der Waals surface area contributed by atoms with E-state index in [9.17, 15) is 4.79 Å². The molecule has 0 aliphatic rings. The van der Waals surface area contributed by atoms with Crippen LogP contribution in [0.3, 0.4) is 0 Å². The second kappa shape index (κ2) is 6.01. The molecule has 1 rings (SSSR count). The van der Waals surface area contributed by atoms with Gasteiger partial charge in [0.2, 0.25) is 0 Å². The molecule has 104 valence electrons. The van der Waals surface area contributed by atoms with Crippen molar-refractivity contribution in [2.75, 3.05) is 0 Å². The lowest BCUT2D eigenvalue weighted by molar-refractivity contribution is -0.118. The maximum Gasteiger partial charge on any atom is -0.0133 e. The van der Waals surface area contributed by atoms with E-state index in [1.165, 1.54) is 5.56 Å². The Bertz CT molecular complexity index is 450. The van der Waals surface area contributed by atoms with Gasteiger partial charge < -0.3 is 4.79 Å². The molecule has 3 heteroatoms. The Morgan fingerprint density at radius 3 is 2.05 bits per heavy atom. The number of hydrogen-bond acceptors (Lipinski definition) is 1. The molecule has 0 aliphatic heterocycles. The summed E-state index contributed by atoms with van der Waals surface area (Å²) in [6, 6.07) is 10.3. The lowest BCUT2D eigenvalue weighted by Crippen LogP contribution is -2.52. The van der Waals surface area contributed by atoms with Crippen LogP contribution in [0.25, 0.3) is 6.08 Å². The second-order valence-corrected chi connectivity index (χ2v) is 19.2. The Morgan fingerprint density at radius 2 is 1.63 bits per heavy atom. The van der Waals surface area contributed by atoms with Crippen LogP contribution in [0.1, 0.15) is 26.3 Å². The Balaban J connectivity index is 3.01. The zero-order valence-electron chi connectivity index (χ0n) is 12.9. The van der Waals surface area contributed by atoms with Crippen LogP contribution >= 0.6 is 0 Å². The van der Waals surface area contributed by atoms with E-state index in [0.29, 0.717) is 5.41 Å². The van der Waals surface area contributed by atoms with Gasteiger partial charge in [0.05, 0.1) is 0 Å². The van der Waals surface area contributed by atoms with Gasteiger partial charge in [-0.2, -0.15) is 0 Å². The average Bonchev–Trinajstić information content (AvgIpc) is 2.27. The van der Waals surface area contributed by atoms with Gasteiger partial charge in [0.25, 0.3) is 0 Å². The molecule has 1 nitrogen and oxygen atoms in total. The van der Waals surface area contributed by atoms with E-state index in [1.54, 1.807) is 0 Å². The highest BCUT2D eigenvalue weighted by molar-refractivity contribution is 7.44. The van der Waals surface area contributed by atoms with Crippen molar-refractivity contribution in [3.8, 4) is 0 Å². The van der Waals surface area contributed by atoms with Crippen molar-refractivity contribution in [3.05, 3.63) is 41.6 Å². The molecule has 1 aromatic carbocycles. The first-order chi connectivity index (χ1) is 8.62. The summed E-state index contributed by atoms with van der Waals surface area (Å²) in [5.41, 5.74) is 3.18. The van der Waals surface area contributed by atoms with Crippen molar-refractivity contribution in [3.63, 3.8) is 0 Å². The summed E-state index contributed by atoms with van der Waals surface area (Å²) >= 11 is 0. The van der Waals surface area contributed by atoms with Gasteiger partial charge in [-0.05, 0) is 16.4 Å². The Kier molecular flexibility index (Phi) is 5.10. The summed E-state index contributed by atoms with van der Waals surface area (Å²) in [7, 11) is -2.52. The van der Waals surface area contributed by atoms with Gasteiger partial charge in [0.15, 0.2) is 0 Å². The molecule has 0 aliphatic carbocycles. The minimum Gasteiger partial charge on any atom is -0.340 e. The Hall–Kier alpha value is -0.936. The van der Waals surface area contributed by atoms with Gasteiger partial charge in [-0.3, -0.25) is 0 Å². The van der Waals surface area contributed by atoms with Crippen molar-refractivity contribution in [2.45, 2.75) is 40.4 Å². The van der Waals surface area contributed by atoms with Crippen molar-refractivity contribution in [2.24, 2.45) is 5.41 Å². The fourth-order valence-electron chi connectivity index (χ4n) is 1.81. The molecule has 1 aromatic rings. The van der Waals surface area contributed by atoms with Crippen LogP contribution in [0.5, 0.6) is 0 Å². The SMILES string of the molecule is CC(C)(C)C(=O)[Si-](/C=C/c1ccccc1)[Si](C)(C)C. The maximum atomic E-state index is 12.7. The highest BCUT2D eigenvalue weighted by atomic mass is 29.2. The fraction of sp³-hybridized carbons (Fsp3) is 0.438. The van der Waals surface area contributed by atoms with Crippen LogP contribution in [0.4, 0.5) is 0 Å². The molecule has 0 N–H and O–H groups in total. The Labute approximate surface area is 120 Å². The summed E-state index contributed by atoms with van der Waals surface area (Å²) in [6.45, 7) is 13.0. The summed E-state index contributed by atoms with van der Waals surface area (Å²) in [5.74, 6) is 0. The monoisotopic (exact) mass is 289 g/mol. The molecule has 0 heterocycles. The molecule has 0 aromatic heterocycles. The highest BCUT2D eigenvalue weighted by Crippen LogP contribution is 2.22. The number of rotatable bonds is 4. The van der Waals surface area contributed by atoms with Gasteiger partial charge in [0, 0.05) is 0 Å². The van der Waals surface area contributed by atoms with E-state index in [2.05, 4.69) is 43.5 Å². The highest BCUT2D eigenvalue weighted by Gasteiger charge is 2.24. The summed E-state index contributed by atoms with van der Waals surface area (Å²) < 4.78 is 0. The molecule has 0 bridgehead atoms. The normalized spacial score (nSPS) is 12.7. The molecule has 0 spiro atoms. The molecule has 0 atom stereocenters. The average molecular weight is 290 g/mol. The van der Waals surface area contributed by atoms with Crippen LogP contribution < -0.4 is 0 Å². The Morgan fingerprint density at radius 1 is 1.11 bits per heavy atom. The van der Waals surface area contributed by atoms with E-state index in [-0.39, 0.29) is 5.41 Å². The third kappa shape index (κ3) is 4.92. The lowest BCUT2D eigenvalue weighted by atomic mass is 9.99. The van der Waals surface area contributed by atoms with Gasteiger partial charge in [0.1, 0.15) is 0 Å². The largest absolute Gasteiger partial charge is 0.340 e. The molecule has 0 unspecified atom stereocenters. The van der Waals surface area contributed by atoms with Crippen molar-refractivity contribution >= 4 is 27.4 Å². The molecular weight excluding hydrogens is 264 g/mol. The quantitative estimate of drug-likeness (QED) is 0.755. The maximum absolute atomic E-state index is 12.7. The van der Waals surface area contributed by atoms with Gasteiger partial charge in [-0.1, -0.05) is 84.4 Å². The molecule has 0 saturated heterocycles. The predicted molar refractivity (Wildman–Crippen MR) is 89.0 cm³/mol. The standard InChI is InChI=1S/C16H25OSi2/c1-16(2,3)15(17)18(19(4,5)6)13-12-14-10-8-7-9-11-14/h7-13H,1-6H3/q-1/b13-12+. The second-order valence-electron chi connectivity index (χ2n) is 6.99. The molecule has 19 heavy (non-hydrogen) atoms. The molecule has 0 amide bonds. The van der Waals surface area contributed by atoms with Crippen molar-refractivity contribution in [1.82, 2.24) is 0 Å². The van der Waals surface area contributed by atoms with Crippen molar-refractivity contribution < 1.29 is 4.79 Å². The molecular formula is C16H25OSi2-. The molecule has 0 fully saturated rings. The van der Waals surface area contributed by atoms with Crippen LogP contribution in [-0.4, -0.2) is 21.3 Å². The van der Waals surface area contributed by atoms with E-state index < -0.39 is 15.9 Å².